The average Bonchev–Trinajstić information content (AvgIpc) is 2.63. The van der Waals surface area contributed by atoms with Gasteiger partial charge in [-0.05, 0) is 47.5 Å². The van der Waals surface area contributed by atoms with Crippen LogP contribution in [0.2, 0.25) is 0 Å². The second-order valence-corrected chi connectivity index (χ2v) is 5.94. The van der Waals surface area contributed by atoms with Crippen molar-refractivity contribution in [2.24, 2.45) is 0 Å². The van der Waals surface area contributed by atoms with Gasteiger partial charge in [0.25, 0.3) is 5.91 Å². The van der Waals surface area contributed by atoms with Gasteiger partial charge in [0, 0.05) is 41.8 Å². The molecule has 0 radical (unpaired) electrons. The number of nitrogens with two attached hydrogens (primary N) is 1. The molecule has 0 atom stereocenters. The Morgan fingerprint density at radius 3 is 2.50 bits per heavy atom. The van der Waals surface area contributed by atoms with E-state index in [-0.39, 0.29) is 5.69 Å². The maximum Gasteiger partial charge on any atom is 0.573 e. The highest BCUT2D eigenvalue weighted by Crippen LogP contribution is 2.26. The van der Waals surface area contributed by atoms with Crippen molar-refractivity contribution in [1.82, 2.24) is 4.98 Å². The normalized spacial score (nSPS) is 11.1. The molecule has 5 nitrogen and oxygen atoms in total. The van der Waals surface area contributed by atoms with Crippen LogP contribution in [0.4, 0.5) is 24.5 Å². The van der Waals surface area contributed by atoms with E-state index in [4.69, 9.17) is 5.73 Å². The van der Waals surface area contributed by atoms with Gasteiger partial charge < -0.3 is 15.8 Å². The van der Waals surface area contributed by atoms with Crippen molar-refractivity contribution < 1.29 is 22.7 Å². The molecule has 1 heterocycles. The lowest BCUT2D eigenvalue weighted by molar-refractivity contribution is -0.274. The molecular weight excluding hydrogens is 371 g/mol. The van der Waals surface area contributed by atoms with Gasteiger partial charge in [-0.3, -0.25) is 9.78 Å². The lowest BCUT2D eigenvalue weighted by Crippen LogP contribution is -2.18. The molecule has 0 aliphatic rings. The summed E-state index contributed by atoms with van der Waals surface area (Å²) in [5.74, 6) is -0.907. The lowest BCUT2D eigenvalue weighted by Gasteiger charge is -2.14. The van der Waals surface area contributed by atoms with Gasteiger partial charge in [0.05, 0.1) is 0 Å². The zero-order valence-electron chi connectivity index (χ0n) is 14.5. The van der Waals surface area contributed by atoms with E-state index in [0.29, 0.717) is 23.2 Å². The highest BCUT2D eigenvalue weighted by atomic mass is 19.4. The number of alkyl halides is 3. The van der Waals surface area contributed by atoms with Crippen LogP contribution >= 0.6 is 0 Å². The smallest absolute Gasteiger partial charge is 0.406 e. The Labute approximate surface area is 159 Å². The van der Waals surface area contributed by atoms with Crippen LogP contribution in [-0.2, 0) is 6.42 Å². The summed E-state index contributed by atoms with van der Waals surface area (Å²) in [5.41, 5.74) is 8.54. The summed E-state index contributed by atoms with van der Waals surface area (Å²) < 4.78 is 41.0. The minimum atomic E-state index is -4.81. The molecule has 0 aliphatic carbocycles. The van der Waals surface area contributed by atoms with Crippen molar-refractivity contribution in [2.45, 2.75) is 12.8 Å². The van der Waals surface area contributed by atoms with E-state index in [9.17, 15) is 18.0 Å². The molecule has 0 unspecified atom stereocenters. The molecular formula is C20H16F3N3O2. The van der Waals surface area contributed by atoms with Gasteiger partial charge in [0.1, 0.15) is 5.75 Å². The number of nitrogen functional groups attached to an aromatic ring is 1. The Balaban J connectivity index is 1.84. The Bertz CT molecular complexity index is 976. The first kappa shape index (κ1) is 19.2. The number of halogens is 3. The molecule has 3 aromatic rings. The summed E-state index contributed by atoms with van der Waals surface area (Å²) in [4.78, 5) is 16.7. The maximum absolute atomic E-state index is 12.7. The van der Waals surface area contributed by atoms with Gasteiger partial charge in [0.15, 0.2) is 0 Å². The standard InChI is InChI=1S/C20H16F3N3O2/c21-20(22,23)28-15-4-1-3-14(12-15)26-19(27)16-5-2-6-18(24)17(16)11-13-7-9-25-10-8-13/h1-10,12H,11,24H2,(H,26,27). The van der Waals surface area contributed by atoms with Gasteiger partial charge in [-0.2, -0.15) is 0 Å². The second-order valence-electron chi connectivity index (χ2n) is 5.94. The summed E-state index contributed by atoms with van der Waals surface area (Å²) in [6.45, 7) is 0. The molecule has 3 rings (SSSR count). The summed E-state index contributed by atoms with van der Waals surface area (Å²) in [6.07, 6.45) is -1.12. The maximum atomic E-state index is 12.7. The molecule has 3 N–H and O–H groups in total. The highest BCUT2D eigenvalue weighted by molar-refractivity contribution is 6.06. The number of nitrogens with zero attached hydrogens (tertiary/aromatic N) is 1. The Morgan fingerprint density at radius 2 is 1.79 bits per heavy atom. The van der Waals surface area contributed by atoms with Crippen LogP contribution in [0.3, 0.4) is 0 Å². The van der Waals surface area contributed by atoms with E-state index < -0.39 is 18.0 Å². The fourth-order valence-corrected chi connectivity index (χ4v) is 2.69. The third-order valence-electron chi connectivity index (χ3n) is 3.91. The van der Waals surface area contributed by atoms with Crippen molar-refractivity contribution >= 4 is 17.3 Å². The number of amides is 1. The summed E-state index contributed by atoms with van der Waals surface area (Å²) in [5, 5.41) is 2.58. The highest BCUT2D eigenvalue weighted by Gasteiger charge is 2.31. The van der Waals surface area contributed by atoms with Crippen molar-refractivity contribution in [3.8, 4) is 5.75 Å². The van der Waals surface area contributed by atoms with Gasteiger partial charge in [0.2, 0.25) is 0 Å². The van der Waals surface area contributed by atoms with Crippen LogP contribution in [0.25, 0.3) is 0 Å². The largest absolute Gasteiger partial charge is 0.573 e. The van der Waals surface area contributed by atoms with Crippen LogP contribution in [0, 0.1) is 0 Å². The number of aromatic nitrogens is 1. The van der Waals surface area contributed by atoms with Crippen LogP contribution in [0.5, 0.6) is 5.75 Å². The third-order valence-corrected chi connectivity index (χ3v) is 3.91. The fourth-order valence-electron chi connectivity index (χ4n) is 2.69. The van der Waals surface area contributed by atoms with Crippen LogP contribution in [0.1, 0.15) is 21.5 Å². The Kier molecular flexibility index (Phi) is 5.49. The number of benzene rings is 2. The van der Waals surface area contributed by atoms with Gasteiger partial charge in [-0.15, -0.1) is 13.2 Å². The first-order valence-electron chi connectivity index (χ1n) is 8.25. The molecule has 0 saturated heterocycles. The topological polar surface area (TPSA) is 77.2 Å². The van der Waals surface area contributed by atoms with Gasteiger partial charge >= 0.3 is 6.36 Å². The van der Waals surface area contributed by atoms with Crippen LogP contribution in [0.15, 0.2) is 67.0 Å². The molecule has 0 spiro atoms. The van der Waals surface area contributed by atoms with Crippen molar-refractivity contribution in [2.75, 3.05) is 11.1 Å². The third kappa shape index (κ3) is 5.00. The minimum Gasteiger partial charge on any atom is -0.406 e. The van der Waals surface area contributed by atoms with E-state index in [1.807, 2.05) is 12.1 Å². The molecule has 28 heavy (non-hydrogen) atoms. The minimum absolute atomic E-state index is 0.170. The number of pyridine rings is 1. The van der Waals surface area contributed by atoms with E-state index in [2.05, 4.69) is 15.0 Å². The van der Waals surface area contributed by atoms with E-state index in [1.165, 1.54) is 12.1 Å². The number of hydrogen-bond donors (Lipinski definition) is 2. The first-order valence-corrected chi connectivity index (χ1v) is 8.25. The molecule has 8 heteroatoms. The number of carbonyl (C=O) groups excluding carboxylic acids is 1. The molecule has 1 aromatic heterocycles. The SMILES string of the molecule is Nc1cccc(C(=O)Nc2cccc(OC(F)(F)F)c2)c1Cc1ccncc1. The predicted octanol–water partition coefficient (Wildman–Crippen LogP) is 4.41. The van der Waals surface area contributed by atoms with E-state index in [0.717, 1.165) is 17.7 Å². The molecule has 0 saturated carbocycles. The average molecular weight is 387 g/mol. The molecule has 1 amide bonds. The monoisotopic (exact) mass is 387 g/mol. The Hall–Kier alpha value is -3.55. The van der Waals surface area contributed by atoms with Crippen molar-refractivity contribution in [3.05, 3.63) is 83.7 Å². The van der Waals surface area contributed by atoms with Crippen molar-refractivity contribution in [1.29, 1.82) is 0 Å². The lowest BCUT2D eigenvalue weighted by atomic mass is 9.98. The van der Waals surface area contributed by atoms with Gasteiger partial charge in [-0.25, -0.2) is 0 Å². The fraction of sp³-hybridized carbons (Fsp3) is 0.100. The van der Waals surface area contributed by atoms with E-state index >= 15 is 0 Å². The summed E-state index contributed by atoms with van der Waals surface area (Å²) in [6, 6.07) is 13.6. The molecule has 0 bridgehead atoms. The van der Waals surface area contributed by atoms with E-state index in [1.54, 1.807) is 30.6 Å². The molecule has 144 valence electrons. The number of carbonyl (C=O) groups is 1. The summed E-state index contributed by atoms with van der Waals surface area (Å²) >= 11 is 0. The predicted molar refractivity (Wildman–Crippen MR) is 99.0 cm³/mol. The quantitative estimate of drug-likeness (QED) is 0.636. The zero-order chi connectivity index (χ0) is 20.1. The number of ether oxygens (including phenoxy) is 1. The molecule has 2 aromatic carbocycles. The van der Waals surface area contributed by atoms with Gasteiger partial charge in [-0.1, -0.05) is 12.1 Å². The Morgan fingerprint density at radius 1 is 1.07 bits per heavy atom. The van der Waals surface area contributed by atoms with Crippen LogP contribution in [-0.4, -0.2) is 17.3 Å². The number of rotatable bonds is 5. The summed E-state index contributed by atoms with van der Waals surface area (Å²) in [7, 11) is 0. The zero-order valence-corrected chi connectivity index (χ0v) is 14.5. The number of anilines is 2. The number of hydrogen-bond acceptors (Lipinski definition) is 4. The molecule has 0 aliphatic heterocycles. The number of nitrogens with one attached hydrogen (secondary N) is 1. The molecule has 0 fully saturated rings. The van der Waals surface area contributed by atoms with Crippen molar-refractivity contribution in [3.63, 3.8) is 0 Å². The second kappa shape index (κ2) is 7.99. The van der Waals surface area contributed by atoms with Crippen LogP contribution < -0.4 is 15.8 Å². The first-order chi connectivity index (χ1) is 13.3.